The normalized spacial score (nSPS) is 24.7. The zero-order valence-electron chi connectivity index (χ0n) is 10.6. The van der Waals surface area contributed by atoms with Gasteiger partial charge in [0.25, 0.3) is 0 Å². The highest BCUT2D eigenvalue weighted by Gasteiger charge is 2.49. The summed E-state index contributed by atoms with van der Waals surface area (Å²) >= 11 is 0. The molecule has 0 amide bonds. The minimum absolute atomic E-state index is 0.312. The molecule has 0 saturated carbocycles. The van der Waals surface area contributed by atoms with Crippen LogP contribution in [0.25, 0.3) is 0 Å². The summed E-state index contributed by atoms with van der Waals surface area (Å²) < 4.78 is 5.39. The number of hydrogen-bond donors (Lipinski definition) is 1. The van der Waals surface area contributed by atoms with Crippen LogP contribution in [0.4, 0.5) is 0 Å². The number of epoxide rings is 1. The van der Waals surface area contributed by atoms with E-state index in [1.807, 2.05) is 0 Å². The molecule has 0 aromatic heterocycles. The van der Waals surface area contributed by atoms with Gasteiger partial charge >= 0.3 is 0 Å². The van der Waals surface area contributed by atoms with Crippen LogP contribution in [0, 0.1) is 11.8 Å². The molecule has 1 N–H and O–H groups in total. The molecule has 1 saturated heterocycles. The quantitative estimate of drug-likeness (QED) is 0.410. The van der Waals surface area contributed by atoms with Gasteiger partial charge in [-0.3, -0.25) is 0 Å². The molecule has 2 nitrogen and oxygen atoms in total. The molecule has 0 radical (unpaired) electrons. The Bertz CT molecular complexity index is 245. The summed E-state index contributed by atoms with van der Waals surface area (Å²) in [5.41, 5.74) is -0.312. The first-order chi connectivity index (χ1) is 7.75. The van der Waals surface area contributed by atoms with Gasteiger partial charge in [-0.1, -0.05) is 45.5 Å². The molecule has 0 aromatic rings. The molecule has 0 aromatic carbocycles. The second-order valence-corrected chi connectivity index (χ2v) is 4.64. The zero-order valence-corrected chi connectivity index (χ0v) is 10.6. The molecule has 1 fully saturated rings. The van der Waals surface area contributed by atoms with E-state index in [9.17, 15) is 5.11 Å². The third kappa shape index (κ3) is 4.15. The highest BCUT2D eigenvalue weighted by atomic mass is 16.6. The Morgan fingerprint density at radius 3 is 2.50 bits per heavy atom. The van der Waals surface area contributed by atoms with Gasteiger partial charge in [0, 0.05) is 6.42 Å². The van der Waals surface area contributed by atoms with E-state index in [4.69, 9.17) is 4.74 Å². The fraction of sp³-hybridized carbons (Fsp3) is 0.857. The maximum atomic E-state index is 9.92. The van der Waals surface area contributed by atoms with Gasteiger partial charge in [-0.25, -0.2) is 0 Å². The molecule has 0 aliphatic carbocycles. The molecule has 0 spiro atoms. The number of aliphatic hydroxyl groups is 1. The molecule has 16 heavy (non-hydrogen) atoms. The van der Waals surface area contributed by atoms with Crippen LogP contribution in [-0.4, -0.2) is 23.4 Å². The maximum absolute atomic E-state index is 9.92. The van der Waals surface area contributed by atoms with Crippen molar-refractivity contribution in [2.45, 2.75) is 70.5 Å². The molecule has 92 valence electrons. The molecule has 0 bridgehead atoms. The molecule has 2 atom stereocenters. The smallest absolute Gasteiger partial charge is 0.145 e. The topological polar surface area (TPSA) is 32.8 Å². The summed E-state index contributed by atoms with van der Waals surface area (Å²) in [6, 6.07) is 0. The molecular weight excluding hydrogens is 200 g/mol. The zero-order chi connectivity index (χ0) is 11.9. The maximum Gasteiger partial charge on any atom is 0.145 e. The Kier molecular flexibility index (Phi) is 5.87. The van der Waals surface area contributed by atoms with Crippen LogP contribution >= 0.6 is 0 Å². The summed E-state index contributed by atoms with van der Waals surface area (Å²) in [4.78, 5) is 0. The summed E-state index contributed by atoms with van der Waals surface area (Å²) in [5, 5.41) is 9.92. The van der Waals surface area contributed by atoms with Gasteiger partial charge < -0.3 is 9.84 Å². The van der Waals surface area contributed by atoms with Crippen LogP contribution in [0.2, 0.25) is 0 Å². The molecular formula is C14H24O2. The van der Waals surface area contributed by atoms with E-state index < -0.39 is 6.10 Å². The summed E-state index contributed by atoms with van der Waals surface area (Å²) in [6.45, 7) is 5.01. The van der Waals surface area contributed by atoms with Crippen LogP contribution in [0.5, 0.6) is 0 Å². The van der Waals surface area contributed by atoms with Crippen LogP contribution < -0.4 is 0 Å². The van der Waals surface area contributed by atoms with E-state index in [-0.39, 0.29) is 5.60 Å². The standard InChI is InChI=1S/C14H24O2/c1-3-5-7-8-9-10-13(15)14(12-16-14)11-6-4-2/h13,15H,3-8,11-12H2,1-2H3/t13-,14+/m0/s1. The predicted molar refractivity (Wildman–Crippen MR) is 66.1 cm³/mol. The molecule has 1 aliphatic heterocycles. The van der Waals surface area contributed by atoms with E-state index in [0.29, 0.717) is 6.61 Å². The lowest BCUT2D eigenvalue weighted by molar-refractivity contribution is 0.111. The third-order valence-electron chi connectivity index (χ3n) is 3.11. The first-order valence-electron chi connectivity index (χ1n) is 6.55. The van der Waals surface area contributed by atoms with E-state index in [2.05, 4.69) is 25.7 Å². The van der Waals surface area contributed by atoms with Gasteiger partial charge in [-0.15, -0.1) is 5.92 Å². The monoisotopic (exact) mass is 224 g/mol. The van der Waals surface area contributed by atoms with E-state index in [1.54, 1.807) is 0 Å². The van der Waals surface area contributed by atoms with Gasteiger partial charge in [0.1, 0.15) is 11.7 Å². The number of unbranched alkanes of at least 4 members (excludes halogenated alkanes) is 4. The Morgan fingerprint density at radius 2 is 1.94 bits per heavy atom. The van der Waals surface area contributed by atoms with Gasteiger partial charge in [-0.2, -0.15) is 0 Å². The van der Waals surface area contributed by atoms with Crippen molar-refractivity contribution in [2.75, 3.05) is 6.61 Å². The largest absolute Gasteiger partial charge is 0.377 e. The Hall–Kier alpha value is -0.520. The van der Waals surface area contributed by atoms with Crippen molar-refractivity contribution in [3.05, 3.63) is 0 Å². The average molecular weight is 224 g/mol. The van der Waals surface area contributed by atoms with Crippen molar-refractivity contribution in [1.82, 2.24) is 0 Å². The molecule has 1 aliphatic rings. The van der Waals surface area contributed by atoms with Gasteiger partial charge in [0.2, 0.25) is 0 Å². The minimum atomic E-state index is -0.583. The third-order valence-corrected chi connectivity index (χ3v) is 3.11. The fourth-order valence-electron chi connectivity index (χ4n) is 1.77. The van der Waals surface area contributed by atoms with Crippen LogP contribution in [0.1, 0.15) is 58.8 Å². The minimum Gasteiger partial charge on any atom is -0.377 e. The van der Waals surface area contributed by atoms with E-state index >= 15 is 0 Å². The highest BCUT2D eigenvalue weighted by Crippen LogP contribution is 2.36. The Morgan fingerprint density at radius 1 is 1.25 bits per heavy atom. The predicted octanol–water partition coefficient (Wildman–Crippen LogP) is 2.89. The SMILES string of the molecule is CCCCCC#C[C@H](O)[C@@]1(CCCC)CO1. The number of ether oxygens (including phenoxy) is 1. The Labute approximate surface area is 99.4 Å². The lowest BCUT2D eigenvalue weighted by Crippen LogP contribution is -2.28. The van der Waals surface area contributed by atoms with Crippen LogP contribution in [0.15, 0.2) is 0 Å². The second-order valence-electron chi connectivity index (χ2n) is 4.64. The van der Waals surface area contributed by atoms with Crippen molar-refractivity contribution in [3.63, 3.8) is 0 Å². The first-order valence-corrected chi connectivity index (χ1v) is 6.55. The van der Waals surface area contributed by atoms with Crippen molar-refractivity contribution >= 4 is 0 Å². The number of hydrogen-bond acceptors (Lipinski definition) is 2. The molecule has 1 heterocycles. The lowest BCUT2D eigenvalue weighted by Gasteiger charge is -2.13. The fourth-order valence-corrected chi connectivity index (χ4v) is 1.77. The molecule has 1 rings (SSSR count). The van der Waals surface area contributed by atoms with E-state index in [0.717, 1.165) is 32.1 Å². The van der Waals surface area contributed by atoms with Crippen molar-refractivity contribution in [2.24, 2.45) is 0 Å². The van der Waals surface area contributed by atoms with Crippen molar-refractivity contribution in [1.29, 1.82) is 0 Å². The van der Waals surface area contributed by atoms with Crippen LogP contribution in [0.3, 0.4) is 0 Å². The summed E-state index contributed by atoms with van der Waals surface area (Å²) in [7, 11) is 0. The van der Waals surface area contributed by atoms with E-state index in [1.165, 1.54) is 12.8 Å². The number of rotatable bonds is 7. The lowest BCUT2D eigenvalue weighted by atomic mass is 9.97. The number of aliphatic hydroxyl groups excluding tert-OH is 1. The van der Waals surface area contributed by atoms with Crippen LogP contribution in [-0.2, 0) is 4.74 Å². The van der Waals surface area contributed by atoms with Gasteiger partial charge in [0.05, 0.1) is 6.61 Å². The average Bonchev–Trinajstić information content (AvgIpc) is 3.07. The second kappa shape index (κ2) is 6.93. The first kappa shape index (κ1) is 13.5. The highest BCUT2D eigenvalue weighted by molar-refractivity contribution is 5.15. The van der Waals surface area contributed by atoms with Gasteiger partial charge in [-0.05, 0) is 12.8 Å². The molecule has 2 heteroatoms. The van der Waals surface area contributed by atoms with Gasteiger partial charge in [0.15, 0.2) is 0 Å². The van der Waals surface area contributed by atoms with Crippen molar-refractivity contribution in [3.8, 4) is 11.8 Å². The van der Waals surface area contributed by atoms with Crippen molar-refractivity contribution < 1.29 is 9.84 Å². The molecule has 0 unspecified atom stereocenters. The summed E-state index contributed by atoms with van der Waals surface area (Å²) in [6.07, 6.45) is 7.08. The summed E-state index contributed by atoms with van der Waals surface area (Å²) in [5.74, 6) is 6.00. The Balaban J connectivity index is 2.25.